The standard InChI is InChI=1S/C14H16ClFN2OS/c1-8-7-20-14(13(8)15)11(18-17)6-9-3-4-12(19-2)10(16)5-9/h3-5,7,11,18H,6,17H2,1-2H3. The van der Waals surface area contributed by atoms with E-state index >= 15 is 0 Å². The van der Waals surface area contributed by atoms with Gasteiger partial charge in [-0.05, 0) is 42.0 Å². The number of methoxy groups -OCH3 is 1. The number of nitrogens with two attached hydrogens (primary N) is 1. The third-order valence-corrected chi connectivity index (χ3v) is 4.93. The molecule has 0 aliphatic heterocycles. The zero-order chi connectivity index (χ0) is 14.7. The molecule has 2 aromatic rings. The van der Waals surface area contributed by atoms with Crippen molar-refractivity contribution in [3.8, 4) is 5.75 Å². The maximum Gasteiger partial charge on any atom is 0.165 e. The molecule has 0 radical (unpaired) electrons. The summed E-state index contributed by atoms with van der Waals surface area (Å²) in [5.41, 5.74) is 4.59. The van der Waals surface area contributed by atoms with Crippen molar-refractivity contribution in [1.29, 1.82) is 0 Å². The molecule has 0 saturated carbocycles. The fourth-order valence-electron chi connectivity index (χ4n) is 1.98. The van der Waals surface area contributed by atoms with Gasteiger partial charge in [-0.25, -0.2) is 4.39 Å². The van der Waals surface area contributed by atoms with Crippen LogP contribution in [0.25, 0.3) is 0 Å². The average molecular weight is 315 g/mol. The largest absolute Gasteiger partial charge is 0.494 e. The molecule has 0 aliphatic carbocycles. The molecule has 20 heavy (non-hydrogen) atoms. The van der Waals surface area contributed by atoms with Crippen LogP contribution in [0.3, 0.4) is 0 Å². The second kappa shape index (κ2) is 6.54. The van der Waals surface area contributed by atoms with Gasteiger partial charge < -0.3 is 4.74 Å². The summed E-state index contributed by atoms with van der Waals surface area (Å²) in [7, 11) is 1.44. The zero-order valence-electron chi connectivity index (χ0n) is 11.2. The maximum absolute atomic E-state index is 13.7. The first-order valence-corrected chi connectivity index (χ1v) is 7.34. The summed E-state index contributed by atoms with van der Waals surface area (Å²) in [5, 5.41) is 2.70. The quantitative estimate of drug-likeness (QED) is 0.655. The first-order valence-electron chi connectivity index (χ1n) is 6.08. The van der Waals surface area contributed by atoms with Crippen LogP contribution in [-0.2, 0) is 6.42 Å². The monoisotopic (exact) mass is 314 g/mol. The summed E-state index contributed by atoms with van der Waals surface area (Å²) in [6.45, 7) is 1.95. The molecule has 1 heterocycles. The van der Waals surface area contributed by atoms with Gasteiger partial charge in [0.1, 0.15) is 0 Å². The number of thiophene rings is 1. The molecular formula is C14H16ClFN2OS. The molecule has 1 unspecified atom stereocenters. The van der Waals surface area contributed by atoms with Gasteiger partial charge in [0.15, 0.2) is 11.6 Å². The molecule has 1 aromatic heterocycles. The molecule has 0 saturated heterocycles. The lowest BCUT2D eigenvalue weighted by Crippen LogP contribution is -2.29. The van der Waals surface area contributed by atoms with Crippen molar-refractivity contribution in [2.24, 2.45) is 5.84 Å². The number of hydrogen-bond donors (Lipinski definition) is 2. The van der Waals surface area contributed by atoms with Gasteiger partial charge in [-0.3, -0.25) is 11.3 Å². The topological polar surface area (TPSA) is 47.3 Å². The van der Waals surface area contributed by atoms with Gasteiger partial charge in [-0.2, -0.15) is 0 Å². The molecule has 2 rings (SSSR count). The Bertz CT molecular complexity index is 603. The summed E-state index contributed by atoms with van der Waals surface area (Å²) in [6.07, 6.45) is 0.553. The van der Waals surface area contributed by atoms with Gasteiger partial charge in [-0.15, -0.1) is 11.3 Å². The van der Waals surface area contributed by atoms with Crippen molar-refractivity contribution in [1.82, 2.24) is 5.43 Å². The van der Waals surface area contributed by atoms with E-state index in [2.05, 4.69) is 5.43 Å². The van der Waals surface area contributed by atoms with E-state index in [0.29, 0.717) is 11.4 Å². The molecule has 0 amide bonds. The van der Waals surface area contributed by atoms with Crippen molar-refractivity contribution in [3.63, 3.8) is 0 Å². The minimum absolute atomic E-state index is 0.144. The van der Waals surface area contributed by atoms with Crippen LogP contribution in [0, 0.1) is 12.7 Å². The predicted molar refractivity (Wildman–Crippen MR) is 80.8 cm³/mol. The molecule has 3 nitrogen and oxygen atoms in total. The first kappa shape index (κ1) is 15.3. The smallest absolute Gasteiger partial charge is 0.165 e. The van der Waals surface area contributed by atoms with E-state index in [9.17, 15) is 4.39 Å². The number of hydrazine groups is 1. The van der Waals surface area contributed by atoms with E-state index < -0.39 is 0 Å². The fraction of sp³-hybridized carbons (Fsp3) is 0.286. The minimum atomic E-state index is -0.380. The summed E-state index contributed by atoms with van der Waals surface area (Å²) in [6, 6.07) is 4.74. The van der Waals surface area contributed by atoms with Crippen LogP contribution in [0.5, 0.6) is 5.75 Å². The number of halogens is 2. The van der Waals surface area contributed by atoms with Gasteiger partial charge >= 0.3 is 0 Å². The zero-order valence-corrected chi connectivity index (χ0v) is 12.8. The van der Waals surface area contributed by atoms with E-state index in [1.165, 1.54) is 13.2 Å². The Hall–Kier alpha value is -1.14. The highest BCUT2D eigenvalue weighted by Gasteiger charge is 2.18. The Morgan fingerprint density at radius 2 is 2.25 bits per heavy atom. The highest BCUT2D eigenvalue weighted by molar-refractivity contribution is 7.10. The fourth-order valence-corrected chi connectivity index (χ4v) is 3.37. The van der Waals surface area contributed by atoms with Crippen LogP contribution in [-0.4, -0.2) is 7.11 Å². The van der Waals surface area contributed by atoms with E-state index in [1.807, 2.05) is 18.4 Å². The Morgan fingerprint density at radius 3 is 2.75 bits per heavy atom. The third-order valence-electron chi connectivity index (χ3n) is 3.10. The lowest BCUT2D eigenvalue weighted by atomic mass is 10.0. The van der Waals surface area contributed by atoms with Crippen molar-refractivity contribution < 1.29 is 9.13 Å². The molecule has 0 fully saturated rings. The normalized spacial score (nSPS) is 12.4. The number of hydrogen-bond acceptors (Lipinski definition) is 4. The SMILES string of the molecule is COc1ccc(CC(NN)c2scc(C)c2Cl)cc1F. The van der Waals surface area contributed by atoms with Crippen LogP contribution >= 0.6 is 22.9 Å². The average Bonchev–Trinajstić information content (AvgIpc) is 2.77. The maximum atomic E-state index is 13.7. The Balaban J connectivity index is 2.22. The lowest BCUT2D eigenvalue weighted by Gasteiger charge is -2.15. The van der Waals surface area contributed by atoms with Crippen LogP contribution < -0.4 is 16.0 Å². The summed E-state index contributed by atoms with van der Waals surface area (Å²) in [5.74, 6) is 5.46. The summed E-state index contributed by atoms with van der Waals surface area (Å²) in [4.78, 5) is 0.961. The van der Waals surface area contributed by atoms with Crippen molar-refractivity contribution in [3.05, 3.63) is 50.4 Å². The molecule has 108 valence electrons. The van der Waals surface area contributed by atoms with Gasteiger partial charge in [0.05, 0.1) is 18.2 Å². The Morgan fingerprint density at radius 1 is 1.50 bits per heavy atom. The predicted octanol–water partition coefficient (Wildman–Crippen LogP) is 3.60. The Kier molecular flexibility index (Phi) is 4.99. The molecule has 6 heteroatoms. The highest BCUT2D eigenvalue weighted by atomic mass is 35.5. The summed E-state index contributed by atoms with van der Waals surface area (Å²) < 4.78 is 18.6. The number of nitrogens with one attached hydrogen (secondary N) is 1. The first-order chi connectivity index (χ1) is 9.56. The van der Waals surface area contributed by atoms with Crippen molar-refractivity contribution in [2.75, 3.05) is 7.11 Å². The molecule has 3 N–H and O–H groups in total. The number of aryl methyl sites for hydroxylation is 1. The molecule has 1 atom stereocenters. The van der Waals surface area contributed by atoms with E-state index in [4.69, 9.17) is 22.2 Å². The van der Waals surface area contributed by atoms with Gasteiger partial charge in [0.2, 0.25) is 0 Å². The molecule has 0 spiro atoms. The van der Waals surface area contributed by atoms with Crippen LogP contribution in [0.15, 0.2) is 23.6 Å². The van der Waals surface area contributed by atoms with Gasteiger partial charge in [-0.1, -0.05) is 17.7 Å². The van der Waals surface area contributed by atoms with E-state index in [1.54, 1.807) is 17.4 Å². The van der Waals surface area contributed by atoms with E-state index in [0.717, 1.165) is 16.0 Å². The summed E-state index contributed by atoms with van der Waals surface area (Å²) >= 11 is 7.80. The number of rotatable bonds is 5. The van der Waals surface area contributed by atoms with Crippen molar-refractivity contribution >= 4 is 22.9 Å². The molecular weight excluding hydrogens is 299 g/mol. The van der Waals surface area contributed by atoms with Crippen LogP contribution in [0.2, 0.25) is 5.02 Å². The number of benzene rings is 1. The molecule has 1 aromatic carbocycles. The van der Waals surface area contributed by atoms with E-state index in [-0.39, 0.29) is 17.6 Å². The minimum Gasteiger partial charge on any atom is -0.494 e. The van der Waals surface area contributed by atoms with Crippen molar-refractivity contribution in [2.45, 2.75) is 19.4 Å². The highest BCUT2D eigenvalue weighted by Crippen LogP contribution is 2.34. The second-order valence-corrected chi connectivity index (χ2v) is 5.78. The molecule has 0 bridgehead atoms. The second-order valence-electron chi connectivity index (χ2n) is 4.49. The third kappa shape index (κ3) is 3.12. The van der Waals surface area contributed by atoms with Crippen LogP contribution in [0.1, 0.15) is 22.0 Å². The molecule has 0 aliphatic rings. The number of ether oxygens (including phenoxy) is 1. The lowest BCUT2D eigenvalue weighted by molar-refractivity contribution is 0.386. The Labute approximate surface area is 126 Å². The van der Waals surface area contributed by atoms with Gasteiger partial charge in [0.25, 0.3) is 0 Å². The van der Waals surface area contributed by atoms with Gasteiger partial charge in [0, 0.05) is 4.88 Å². The van der Waals surface area contributed by atoms with Crippen LogP contribution in [0.4, 0.5) is 4.39 Å².